The first-order chi connectivity index (χ1) is 12.7. The SMILES string of the molecule is CCNC(=NCc1cccnc1N1CCC(C(N)=O)CC1)N1CCCC1.I. The third kappa shape index (κ3) is 5.70. The zero-order valence-electron chi connectivity index (χ0n) is 16.1. The normalized spacial score (nSPS) is 18.3. The van der Waals surface area contributed by atoms with Crippen LogP contribution in [0.3, 0.4) is 0 Å². The number of piperidine rings is 1. The summed E-state index contributed by atoms with van der Waals surface area (Å²) in [5.41, 5.74) is 6.57. The first kappa shape index (κ1) is 21.7. The van der Waals surface area contributed by atoms with Gasteiger partial charge in [0.05, 0.1) is 6.54 Å². The Labute approximate surface area is 178 Å². The maximum absolute atomic E-state index is 11.4. The van der Waals surface area contributed by atoms with Gasteiger partial charge in [0.1, 0.15) is 5.82 Å². The average molecular weight is 486 g/mol. The minimum Gasteiger partial charge on any atom is -0.369 e. The summed E-state index contributed by atoms with van der Waals surface area (Å²) in [6, 6.07) is 4.06. The zero-order chi connectivity index (χ0) is 18.4. The molecule has 3 N–H and O–H groups in total. The van der Waals surface area contributed by atoms with Crippen LogP contribution < -0.4 is 16.0 Å². The molecular formula is C19H31IN6O. The molecule has 0 atom stereocenters. The maximum atomic E-state index is 11.4. The number of hydrogen-bond donors (Lipinski definition) is 2. The summed E-state index contributed by atoms with van der Waals surface area (Å²) in [6.07, 6.45) is 5.89. The highest BCUT2D eigenvalue weighted by Gasteiger charge is 2.25. The highest BCUT2D eigenvalue weighted by atomic mass is 127. The topological polar surface area (TPSA) is 86.9 Å². The van der Waals surface area contributed by atoms with Gasteiger partial charge < -0.3 is 20.9 Å². The Hall–Kier alpha value is -1.58. The molecule has 0 spiro atoms. The van der Waals surface area contributed by atoms with E-state index >= 15 is 0 Å². The summed E-state index contributed by atoms with van der Waals surface area (Å²) in [5.74, 6) is 1.78. The number of aliphatic imine (C=N–C) groups is 1. The van der Waals surface area contributed by atoms with Gasteiger partial charge in [0.2, 0.25) is 5.91 Å². The predicted molar refractivity (Wildman–Crippen MR) is 119 cm³/mol. The van der Waals surface area contributed by atoms with Gasteiger partial charge >= 0.3 is 0 Å². The lowest BCUT2D eigenvalue weighted by Crippen LogP contribution is -2.40. The highest BCUT2D eigenvalue weighted by molar-refractivity contribution is 14.0. The number of aromatic nitrogens is 1. The van der Waals surface area contributed by atoms with Crippen LogP contribution >= 0.6 is 24.0 Å². The lowest BCUT2D eigenvalue weighted by molar-refractivity contribution is -0.122. The second-order valence-electron chi connectivity index (χ2n) is 7.01. The van der Waals surface area contributed by atoms with Crippen molar-refractivity contribution in [2.24, 2.45) is 16.6 Å². The Balaban J connectivity index is 0.00000261. The first-order valence-electron chi connectivity index (χ1n) is 9.70. The van der Waals surface area contributed by atoms with Crippen molar-refractivity contribution in [2.45, 2.75) is 39.2 Å². The molecule has 7 nitrogen and oxygen atoms in total. The molecule has 0 radical (unpaired) electrons. The molecule has 3 heterocycles. The van der Waals surface area contributed by atoms with Crippen molar-refractivity contribution in [3.63, 3.8) is 0 Å². The molecular weight excluding hydrogens is 455 g/mol. The number of primary amides is 1. The number of pyridine rings is 1. The maximum Gasteiger partial charge on any atom is 0.220 e. The fraction of sp³-hybridized carbons (Fsp3) is 0.632. The highest BCUT2D eigenvalue weighted by Crippen LogP contribution is 2.25. The summed E-state index contributed by atoms with van der Waals surface area (Å²) < 4.78 is 0. The Morgan fingerprint density at radius 2 is 2.00 bits per heavy atom. The van der Waals surface area contributed by atoms with E-state index in [2.05, 4.69) is 33.1 Å². The molecule has 0 unspecified atom stereocenters. The van der Waals surface area contributed by atoms with E-state index < -0.39 is 0 Å². The Morgan fingerprint density at radius 3 is 2.63 bits per heavy atom. The number of nitrogens with one attached hydrogen (secondary N) is 1. The van der Waals surface area contributed by atoms with Crippen LogP contribution in [-0.4, -0.2) is 54.5 Å². The van der Waals surface area contributed by atoms with Gasteiger partial charge in [-0.3, -0.25) is 4.79 Å². The van der Waals surface area contributed by atoms with Crippen molar-refractivity contribution >= 4 is 41.7 Å². The van der Waals surface area contributed by atoms with Gasteiger partial charge in [-0.05, 0) is 38.7 Å². The van der Waals surface area contributed by atoms with Gasteiger partial charge in [-0.2, -0.15) is 0 Å². The van der Waals surface area contributed by atoms with E-state index in [0.29, 0.717) is 6.54 Å². The van der Waals surface area contributed by atoms with E-state index in [1.807, 2.05) is 12.3 Å². The van der Waals surface area contributed by atoms with Crippen molar-refractivity contribution in [3.8, 4) is 0 Å². The van der Waals surface area contributed by atoms with E-state index in [0.717, 1.165) is 62.9 Å². The standard InChI is InChI=1S/C19H30N6O.HI/c1-2-21-19(25-10-3-4-11-25)23-14-16-6-5-9-22-18(16)24-12-7-15(8-13-24)17(20)26;/h5-6,9,15H,2-4,7-8,10-14H2,1H3,(H2,20,26)(H,21,23);1H. The van der Waals surface area contributed by atoms with Crippen molar-refractivity contribution in [3.05, 3.63) is 23.9 Å². The van der Waals surface area contributed by atoms with Gasteiger partial charge in [-0.25, -0.2) is 9.98 Å². The van der Waals surface area contributed by atoms with Crippen LogP contribution in [0.2, 0.25) is 0 Å². The summed E-state index contributed by atoms with van der Waals surface area (Å²) in [4.78, 5) is 25.4. The van der Waals surface area contributed by atoms with E-state index in [1.54, 1.807) is 0 Å². The summed E-state index contributed by atoms with van der Waals surface area (Å²) in [7, 11) is 0. The minimum absolute atomic E-state index is 0. The summed E-state index contributed by atoms with van der Waals surface area (Å²) in [5, 5.41) is 3.40. The molecule has 8 heteroatoms. The number of carbonyl (C=O) groups excluding carboxylic acids is 1. The number of amides is 1. The second-order valence-corrected chi connectivity index (χ2v) is 7.01. The molecule has 2 fully saturated rings. The first-order valence-corrected chi connectivity index (χ1v) is 9.70. The summed E-state index contributed by atoms with van der Waals surface area (Å²) >= 11 is 0. The molecule has 0 aliphatic carbocycles. The van der Waals surface area contributed by atoms with Crippen LogP contribution in [0.15, 0.2) is 23.3 Å². The number of halogens is 1. The van der Waals surface area contributed by atoms with Crippen molar-refractivity contribution in [1.29, 1.82) is 0 Å². The smallest absolute Gasteiger partial charge is 0.220 e. The number of nitrogens with two attached hydrogens (primary N) is 1. The number of hydrogen-bond acceptors (Lipinski definition) is 4. The van der Waals surface area contributed by atoms with Gasteiger partial charge in [0, 0.05) is 50.4 Å². The van der Waals surface area contributed by atoms with E-state index in [-0.39, 0.29) is 35.8 Å². The molecule has 150 valence electrons. The number of anilines is 1. The van der Waals surface area contributed by atoms with Crippen LogP contribution in [0.5, 0.6) is 0 Å². The molecule has 3 rings (SSSR count). The average Bonchev–Trinajstić information content (AvgIpc) is 3.20. The van der Waals surface area contributed by atoms with Crippen LogP contribution in [0, 0.1) is 5.92 Å². The predicted octanol–water partition coefficient (Wildman–Crippen LogP) is 1.96. The van der Waals surface area contributed by atoms with Crippen LogP contribution in [0.1, 0.15) is 38.2 Å². The Morgan fingerprint density at radius 1 is 1.30 bits per heavy atom. The van der Waals surface area contributed by atoms with Crippen molar-refractivity contribution in [2.75, 3.05) is 37.6 Å². The number of guanidine groups is 1. The largest absolute Gasteiger partial charge is 0.369 e. The van der Waals surface area contributed by atoms with Crippen molar-refractivity contribution < 1.29 is 4.79 Å². The fourth-order valence-corrected chi connectivity index (χ4v) is 3.73. The van der Waals surface area contributed by atoms with Crippen molar-refractivity contribution in [1.82, 2.24) is 15.2 Å². The number of nitrogens with zero attached hydrogens (tertiary/aromatic N) is 4. The molecule has 1 amide bonds. The van der Waals surface area contributed by atoms with Gasteiger partial charge in [0.25, 0.3) is 0 Å². The monoisotopic (exact) mass is 486 g/mol. The molecule has 27 heavy (non-hydrogen) atoms. The molecule has 2 aliphatic rings. The van der Waals surface area contributed by atoms with E-state index in [4.69, 9.17) is 10.7 Å². The second kappa shape index (κ2) is 10.7. The van der Waals surface area contributed by atoms with Crippen LogP contribution in [0.4, 0.5) is 5.82 Å². The van der Waals surface area contributed by atoms with Gasteiger partial charge in [-0.15, -0.1) is 24.0 Å². The number of likely N-dealkylation sites (tertiary alicyclic amines) is 1. The Bertz CT molecular complexity index is 639. The zero-order valence-corrected chi connectivity index (χ0v) is 18.4. The van der Waals surface area contributed by atoms with E-state index in [1.165, 1.54) is 12.8 Å². The fourth-order valence-electron chi connectivity index (χ4n) is 3.73. The lowest BCUT2D eigenvalue weighted by atomic mass is 9.96. The summed E-state index contributed by atoms with van der Waals surface area (Å²) in [6.45, 7) is 7.36. The van der Waals surface area contributed by atoms with Crippen LogP contribution in [0.25, 0.3) is 0 Å². The minimum atomic E-state index is -0.184. The third-order valence-corrected chi connectivity index (χ3v) is 5.20. The lowest BCUT2D eigenvalue weighted by Gasteiger charge is -2.32. The van der Waals surface area contributed by atoms with Gasteiger partial charge in [0.15, 0.2) is 5.96 Å². The van der Waals surface area contributed by atoms with Crippen LogP contribution in [-0.2, 0) is 11.3 Å². The van der Waals surface area contributed by atoms with E-state index in [9.17, 15) is 4.79 Å². The quantitative estimate of drug-likeness (QED) is 0.378. The molecule has 1 aromatic heterocycles. The molecule has 0 aromatic carbocycles. The van der Waals surface area contributed by atoms with Gasteiger partial charge in [-0.1, -0.05) is 6.07 Å². The number of rotatable bonds is 5. The number of carbonyl (C=O) groups is 1. The Kier molecular flexibility index (Phi) is 8.59. The third-order valence-electron chi connectivity index (χ3n) is 5.20. The molecule has 1 aromatic rings. The molecule has 2 saturated heterocycles. The molecule has 0 bridgehead atoms. The molecule has 0 saturated carbocycles. The molecule has 2 aliphatic heterocycles.